The Morgan fingerprint density at radius 1 is 1.32 bits per heavy atom. The second-order valence-electron chi connectivity index (χ2n) is 5.99. The van der Waals surface area contributed by atoms with Crippen LogP contribution in [0.5, 0.6) is 0 Å². The van der Waals surface area contributed by atoms with Gasteiger partial charge in [-0.3, -0.25) is 4.90 Å². The van der Waals surface area contributed by atoms with E-state index in [0.29, 0.717) is 12.0 Å². The summed E-state index contributed by atoms with van der Waals surface area (Å²) in [5.41, 5.74) is 7.46. The molecule has 1 heterocycles. The molecule has 1 aliphatic heterocycles. The van der Waals surface area contributed by atoms with Crippen molar-refractivity contribution in [1.82, 2.24) is 4.90 Å². The van der Waals surface area contributed by atoms with Crippen LogP contribution in [0, 0.1) is 5.92 Å². The van der Waals surface area contributed by atoms with Crippen molar-refractivity contribution in [2.75, 3.05) is 19.6 Å². The van der Waals surface area contributed by atoms with Crippen LogP contribution in [0.3, 0.4) is 0 Å². The molecular weight excluding hydrogens is 232 g/mol. The third kappa shape index (κ3) is 3.80. The highest BCUT2D eigenvalue weighted by Crippen LogP contribution is 2.27. The number of nitrogens with zero attached hydrogens (tertiary/aromatic N) is 1. The highest BCUT2D eigenvalue weighted by molar-refractivity contribution is 5.19. The van der Waals surface area contributed by atoms with Crippen LogP contribution in [0.15, 0.2) is 30.3 Å². The van der Waals surface area contributed by atoms with E-state index in [1.54, 1.807) is 0 Å². The van der Waals surface area contributed by atoms with Crippen molar-refractivity contribution in [3.63, 3.8) is 0 Å². The van der Waals surface area contributed by atoms with Crippen molar-refractivity contribution in [1.29, 1.82) is 0 Å². The molecule has 2 heteroatoms. The molecule has 0 saturated carbocycles. The number of rotatable bonds is 6. The summed E-state index contributed by atoms with van der Waals surface area (Å²) >= 11 is 0. The molecule has 1 aromatic carbocycles. The standard InChI is InChI=1S/C17H28N2/c1-3-15-9-10-19(13-15)17(12-18)11-14(2)16-7-5-4-6-8-16/h4-8,14-15,17H,3,9-13,18H2,1-2H3. The van der Waals surface area contributed by atoms with E-state index < -0.39 is 0 Å². The van der Waals surface area contributed by atoms with Crippen molar-refractivity contribution in [3.8, 4) is 0 Å². The van der Waals surface area contributed by atoms with Gasteiger partial charge in [-0.25, -0.2) is 0 Å². The lowest BCUT2D eigenvalue weighted by Crippen LogP contribution is -2.40. The Hall–Kier alpha value is -0.860. The smallest absolute Gasteiger partial charge is 0.0224 e. The van der Waals surface area contributed by atoms with Gasteiger partial charge in [0, 0.05) is 19.1 Å². The molecule has 2 nitrogen and oxygen atoms in total. The van der Waals surface area contributed by atoms with Crippen LogP contribution < -0.4 is 5.73 Å². The van der Waals surface area contributed by atoms with Gasteiger partial charge in [-0.1, -0.05) is 50.6 Å². The zero-order chi connectivity index (χ0) is 13.7. The molecule has 0 radical (unpaired) electrons. The first-order valence-corrected chi connectivity index (χ1v) is 7.73. The Labute approximate surface area is 118 Å². The minimum Gasteiger partial charge on any atom is -0.329 e. The average molecular weight is 260 g/mol. The normalized spacial score (nSPS) is 23.4. The summed E-state index contributed by atoms with van der Waals surface area (Å²) < 4.78 is 0. The third-order valence-corrected chi connectivity index (χ3v) is 4.68. The molecule has 2 N–H and O–H groups in total. The van der Waals surface area contributed by atoms with Gasteiger partial charge >= 0.3 is 0 Å². The van der Waals surface area contributed by atoms with E-state index in [2.05, 4.69) is 49.1 Å². The number of nitrogens with two attached hydrogens (primary N) is 1. The lowest BCUT2D eigenvalue weighted by Gasteiger charge is -2.29. The largest absolute Gasteiger partial charge is 0.329 e. The maximum atomic E-state index is 6.02. The van der Waals surface area contributed by atoms with Gasteiger partial charge in [-0.15, -0.1) is 0 Å². The molecule has 0 aliphatic carbocycles. The first-order chi connectivity index (χ1) is 9.24. The monoisotopic (exact) mass is 260 g/mol. The SMILES string of the molecule is CCC1CCN(C(CN)CC(C)c2ccccc2)C1. The van der Waals surface area contributed by atoms with E-state index in [4.69, 9.17) is 5.73 Å². The quantitative estimate of drug-likeness (QED) is 0.851. The van der Waals surface area contributed by atoms with Gasteiger partial charge in [0.05, 0.1) is 0 Å². The molecule has 0 amide bonds. The molecule has 0 bridgehead atoms. The molecule has 1 saturated heterocycles. The predicted molar refractivity (Wildman–Crippen MR) is 82.3 cm³/mol. The Bertz CT molecular complexity index is 363. The first-order valence-electron chi connectivity index (χ1n) is 7.73. The fourth-order valence-electron chi connectivity index (χ4n) is 3.25. The van der Waals surface area contributed by atoms with Gasteiger partial charge < -0.3 is 5.73 Å². The maximum absolute atomic E-state index is 6.02. The molecule has 2 rings (SSSR count). The Kier molecular flexibility index (Phi) is 5.41. The number of benzene rings is 1. The lowest BCUT2D eigenvalue weighted by molar-refractivity contribution is 0.218. The third-order valence-electron chi connectivity index (χ3n) is 4.68. The minimum absolute atomic E-state index is 0.548. The van der Waals surface area contributed by atoms with Gasteiger partial charge in [-0.05, 0) is 36.8 Å². The zero-order valence-corrected chi connectivity index (χ0v) is 12.4. The zero-order valence-electron chi connectivity index (χ0n) is 12.4. The summed E-state index contributed by atoms with van der Waals surface area (Å²) in [6.07, 6.45) is 3.84. The van der Waals surface area contributed by atoms with Crippen LogP contribution >= 0.6 is 0 Å². The molecule has 0 aromatic heterocycles. The van der Waals surface area contributed by atoms with Crippen molar-refractivity contribution in [2.45, 2.75) is 45.1 Å². The highest BCUT2D eigenvalue weighted by Gasteiger charge is 2.27. The van der Waals surface area contributed by atoms with Crippen LogP contribution in [-0.4, -0.2) is 30.6 Å². The van der Waals surface area contributed by atoms with Crippen LogP contribution in [0.25, 0.3) is 0 Å². The maximum Gasteiger partial charge on any atom is 0.0224 e. The van der Waals surface area contributed by atoms with Crippen molar-refractivity contribution in [3.05, 3.63) is 35.9 Å². The second-order valence-corrected chi connectivity index (χ2v) is 5.99. The minimum atomic E-state index is 0.548. The van der Waals surface area contributed by atoms with E-state index in [1.807, 2.05) is 0 Å². The van der Waals surface area contributed by atoms with Gasteiger partial charge in [0.25, 0.3) is 0 Å². The van der Waals surface area contributed by atoms with Gasteiger partial charge in [0.15, 0.2) is 0 Å². The van der Waals surface area contributed by atoms with Crippen molar-refractivity contribution >= 4 is 0 Å². The van der Waals surface area contributed by atoms with Crippen LogP contribution in [-0.2, 0) is 0 Å². The number of hydrogen-bond donors (Lipinski definition) is 1. The molecule has 19 heavy (non-hydrogen) atoms. The Morgan fingerprint density at radius 3 is 2.63 bits per heavy atom. The van der Waals surface area contributed by atoms with E-state index in [-0.39, 0.29) is 0 Å². The second kappa shape index (κ2) is 7.06. The summed E-state index contributed by atoms with van der Waals surface area (Å²) in [6.45, 7) is 7.90. The fourth-order valence-corrected chi connectivity index (χ4v) is 3.25. The predicted octanol–water partition coefficient (Wildman–Crippen LogP) is 3.24. The lowest BCUT2D eigenvalue weighted by atomic mass is 9.93. The molecule has 3 atom stereocenters. The summed E-state index contributed by atoms with van der Waals surface area (Å²) in [6, 6.07) is 11.4. The summed E-state index contributed by atoms with van der Waals surface area (Å²) in [5, 5.41) is 0. The van der Waals surface area contributed by atoms with Crippen LogP contribution in [0.4, 0.5) is 0 Å². The Morgan fingerprint density at radius 2 is 2.05 bits per heavy atom. The molecular formula is C17H28N2. The summed E-state index contributed by atoms with van der Waals surface area (Å²) in [5.74, 6) is 1.48. The Balaban J connectivity index is 1.92. The molecule has 3 unspecified atom stereocenters. The summed E-state index contributed by atoms with van der Waals surface area (Å²) in [7, 11) is 0. The van der Waals surface area contributed by atoms with E-state index in [1.165, 1.54) is 37.9 Å². The van der Waals surface area contributed by atoms with Gasteiger partial charge in [0.2, 0.25) is 0 Å². The highest BCUT2D eigenvalue weighted by atomic mass is 15.2. The summed E-state index contributed by atoms with van der Waals surface area (Å²) in [4.78, 5) is 2.62. The molecule has 0 spiro atoms. The topological polar surface area (TPSA) is 29.3 Å². The van der Waals surface area contributed by atoms with Gasteiger partial charge in [0.1, 0.15) is 0 Å². The van der Waals surface area contributed by atoms with Crippen LogP contribution in [0.1, 0.15) is 44.6 Å². The molecule has 1 aliphatic rings. The van der Waals surface area contributed by atoms with Crippen molar-refractivity contribution < 1.29 is 0 Å². The van der Waals surface area contributed by atoms with Crippen LogP contribution in [0.2, 0.25) is 0 Å². The fraction of sp³-hybridized carbons (Fsp3) is 0.647. The number of likely N-dealkylation sites (tertiary alicyclic amines) is 1. The van der Waals surface area contributed by atoms with E-state index in [9.17, 15) is 0 Å². The molecule has 106 valence electrons. The van der Waals surface area contributed by atoms with E-state index >= 15 is 0 Å². The van der Waals surface area contributed by atoms with Crippen molar-refractivity contribution in [2.24, 2.45) is 11.7 Å². The van der Waals surface area contributed by atoms with E-state index in [0.717, 1.165) is 12.5 Å². The molecule has 1 aromatic rings. The van der Waals surface area contributed by atoms with Gasteiger partial charge in [-0.2, -0.15) is 0 Å². The number of hydrogen-bond acceptors (Lipinski definition) is 2. The first kappa shape index (κ1) is 14.5. The average Bonchev–Trinajstić information content (AvgIpc) is 2.94. The molecule has 1 fully saturated rings.